The van der Waals surface area contributed by atoms with E-state index in [1.165, 1.54) is 9.88 Å². The zero-order chi connectivity index (χ0) is 26.6. The van der Waals surface area contributed by atoms with Gasteiger partial charge in [-0.15, -0.1) is 11.3 Å². The van der Waals surface area contributed by atoms with Gasteiger partial charge in [0.1, 0.15) is 11.5 Å². The highest BCUT2D eigenvalue weighted by Crippen LogP contribution is 2.30. The van der Waals surface area contributed by atoms with Gasteiger partial charge in [-0.05, 0) is 80.6 Å². The van der Waals surface area contributed by atoms with Crippen LogP contribution in [0.5, 0.6) is 11.5 Å². The average molecular weight is 539 g/mol. The first kappa shape index (κ1) is 27.9. The van der Waals surface area contributed by atoms with Crippen molar-refractivity contribution >= 4 is 17.2 Å². The summed E-state index contributed by atoms with van der Waals surface area (Å²) in [5.41, 5.74) is 8.51. The van der Waals surface area contributed by atoms with Crippen LogP contribution in [0.15, 0.2) is 53.7 Å². The molecule has 1 saturated heterocycles. The summed E-state index contributed by atoms with van der Waals surface area (Å²) < 4.78 is 17.2. The van der Waals surface area contributed by atoms with Gasteiger partial charge in [-0.2, -0.15) is 0 Å². The summed E-state index contributed by atoms with van der Waals surface area (Å²) in [6.07, 6.45) is 4.91. The molecule has 0 bridgehead atoms. The van der Waals surface area contributed by atoms with Gasteiger partial charge in [0.15, 0.2) is 5.84 Å². The number of aromatic nitrogens is 1. The number of nitrogens with zero attached hydrogens (tertiary/aromatic N) is 3. The van der Waals surface area contributed by atoms with Crippen molar-refractivity contribution in [3.63, 3.8) is 0 Å². The number of amidine groups is 1. The minimum absolute atomic E-state index is 0.0872. The second-order valence-corrected chi connectivity index (χ2v) is 10.4. The Morgan fingerprint density at radius 1 is 1.00 bits per heavy atom. The van der Waals surface area contributed by atoms with E-state index in [-0.39, 0.29) is 5.84 Å². The fraction of sp³-hybridized carbons (Fsp3) is 0.448. The molecule has 2 aromatic carbocycles. The Hall–Kier alpha value is -3.14. The van der Waals surface area contributed by atoms with Crippen LogP contribution >= 0.6 is 11.3 Å². The van der Waals surface area contributed by atoms with Gasteiger partial charge in [-0.25, -0.2) is 4.98 Å². The molecule has 0 atom stereocenters. The maximum Gasteiger partial charge on any atom is 0.170 e. The summed E-state index contributed by atoms with van der Waals surface area (Å²) in [5.74, 6) is 1.74. The predicted octanol–water partition coefficient (Wildman–Crippen LogP) is 4.97. The monoisotopic (exact) mass is 538 g/mol. The van der Waals surface area contributed by atoms with Crippen molar-refractivity contribution in [1.29, 1.82) is 0 Å². The molecule has 8 nitrogen and oxygen atoms in total. The zero-order valence-corrected chi connectivity index (χ0v) is 22.9. The predicted molar refractivity (Wildman–Crippen MR) is 152 cm³/mol. The highest BCUT2D eigenvalue weighted by Gasteiger charge is 2.16. The van der Waals surface area contributed by atoms with Gasteiger partial charge < -0.3 is 25.2 Å². The number of morpholine rings is 1. The SMILES string of the molecule is CCc1nc(-c2ccc(OCCCCCOc3ccc(C(N)=NO)cc3)cc2)c(CCN2CCOCC2)s1. The van der Waals surface area contributed by atoms with Crippen molar-refractivity contribution in [1.82, 2.24) is 9.88 Å². The van der Waals surface area contributed by atoms with Crippen molar-refractivity contribution in [3.05, 3.63) is 64.0 Å². The van der Waals surface area contributed by atoms with E-state index < -0.39 is 0 Å². The Labute approximate surface area is 229 Å². The van der Waals surface area contributed by atoms with Crippen molar-refractivity contribution < 1.29 is 19.4 Å². The lowest BCUT2D eigenvalue weighted by molar-refractivity contribution is 0.0385. The maximum atomic E-state index is 8.72. The number of unbranched alkanes of at least 4 members (excludes halogenated alkanes) is 2. The number of thiazole rings is 1. The lowest BCUT2D eigenvalue weighted by atomic mass is 10.1. The third-order valence-corrected chi connectivity index (χ3v) is 7.77. The summed E-state index contributed by atoms with van der Waals surface area (Å²) in [4.78, 5) is 8.78. The van der Waals surface area contributed by atoms with Gasteiger partial charge in [0.25, 0.3) is 0 Å². The van der Waals surface area contributed by atoms with E-state index in [1.807, 2.05) is 35.6 Å². The number of ether oxygens (including phenoxy) is 3. The molecule has 4 rings (SSSR count). The quantitative estimate of drug-likeness (QED) is 0.0982. The molecule has 204 valence electrons. The lowest BCUT2D eigenvalue weighted by Crippen LogP contribution is -2.37. The standard InChI is InChI=1S/C29H38N4O4S/c1-2-27-31-28(26(38-27)14-15-33-16-20-35-21-17-33)22-6-10-24(11-7-22)36-18-4-3-5-19-37-25-12-8-23(9-13-25)29(30)32-34/h6-13,34H,2-5,14-21H2,1H3,(H2,30,32). The van der Waals surface area contributed by atoms with Crippen molar-refractivity contribution in [2.75, 3.05) is 46.1 Å². The van der Waals surface area contributed by atoms with E-state index in [0.29, 0.717) is 18.8 Å². The van der Waals surface area contributed by atoms with Crippen LogP contribution in [0.2, 0.25) is 0 Å². The molecule has 0 aliphatic carbocycles. The molecule has 0 spiro atoms. The normalized spacial score (nSPS) is 14.5. The second kappa shape index (κ2) is 14.7. The topological polar surface area (TPSA) is 102 Å². The Morgan fingerprint density at radius 3 is 2.24 bits per heavy atom. The molecule has 0 unspecified atom stereocenters. The molecular weight excluding hydrogens is 500 g/mol. The number of rotatable bonds is 14. The molecule has 2 heterocycles. The van der Waals surface area contributed by atoms with E-state index in [9.17, 15) is 0 Å². The Morgan fingerprint density at radius 2 is 1.63 bits per heavy atom. The summed E-state index contributed by atoms with van der Waals surface area (Å²) >= 11 is 1.84. The van der Waals surface area contributed by atoms with Crippen molar-refractivity contribution in [2.24, 2.45) is 10.9 Å². The van der Waals surface area contributed by atoms with Crippen LogP contribution in [-0.4, -0.2) is 67.0 Å². The number of hydrogen-bond acceptors (Lipinski definition) is 8. The van der Waals surface area contributed by atoms with Crippen LogP contribution in [0.1, 0.15) is 41.6 Å². The molecular formula is C29H38N4O4S. The molecule has 1 fully saturated rings. The first-order valence-electron chi connectivity index (χ1n) is 13.4. The highest BCUT2D eigenvalue weighted by atomic mass is 32.1. The van der Waals surface area contributed by atoms with Crippen LogP contribution in [0.3, 0.4) is 0 Å². The first-order chi connectivity index (χ1) is 18.7. The zero-order valence-electron chi connectivity index (χ0n) is 22.1. The molecule has 1 aliphatic rings. The molecule has 3 N–H and O–H groups in total. The second-order valence-electron chi connectivity index (χ2n) is 9.23. The minimum Gasteiger partial charge on any atom is -0.494 e. The summed E-state index contributed by atoms with van der Waals surface area (Å²) in [6.45, 7) is 8.22. The van der Waals surface area contributed by atoms with E-state index in [0.717, 1.165) is 87.7 Å². The number of aryl methyl sites for hydroxylation is 1. The number of hydrogen-bond donors (Lipinski definition) is 2. The van der Waals surface area contributed by atoms with Crippen LogP contribution in [-0.2, 0) is 17.6 Å². The van der Waals surface area contributed by atoms with E-state index in [1.54, 1.807) is 12.1 Å². The van der Waals surface area contributed by atoms with Gasteiger partial charge in [-0.3, -0.25) is 4.90 Å². The Bertz CT molecular complexity index is 1140. The van der Waals surface area contributed by atoms with Gasteiger partial charge in [0.05, 0.1) is 37.1 Å². The largest absolute Gasteiger partial charge is 0.494 e. The van der Waals surface area contributed by atoms with E-state index in [2.05, 4.69) is 29.1 Å². The van der Waals surface area contributed by atoms with E-state index >= 15 is 0 Å². The van der Waals surface area contributed by atoms with Crippen LogP contribution in [0.25, 0.3) is 11.3 Å². The Kier molecular flexibility index (Phi) is 10.8. The molecule has 38 heavy (non-hydrogen) atoms. The number of oxime groups is 1. The fourth-order valence-corrected chi connectivity index (χ4v) is 5.30. The number of nitrogens with two attached hydrogens (primary N) is 1. The molecule has 0 amide bonds. The smallest absolute Gasteiger partial charge is 0.170 e. The van der Waals surface area contributed by atoms with Crippen molar-refractivity contribution in [2.45, 2.75) is 39.0 Å². The average Bonchev–Trinajstić information content (AvgIpc) is 3.40. The summed E-state index contributed by atoms with van der Waals surface area (Å²) in [7, 11) is 0. The van der Waals surface area contributed by atoms with Gasteiger partial charge >= 0.3 is 0 Å². The highest BCUT2D eigenvalue weighted by molar-refractivity contribution is 7.12. The lowest BCUT2D eigenvalue weighted by Gasteiger charge is -2.26. The molecule has 0 radical (unpaired) electrons. The molecule has 1 aliphatic heterocycles. The van der Waals surface area contributed by atoms with Gasteiger partial charge in [-0.1, -0.05) is 12.1 Å². The molecule has 3 aromatic rings. The van der Waals surface area contributed by atoms with Crippen LogP contribution in [0.4, 0.5) is 0 Å². The molecule has 1 aromatic heterocycles. The van der Waals surface area contributed by atoms with Crippen molar-refractivity contribution in [3.8, 4) is 22.8 Å². The van der Waals surface area contributed by atoms with Gasteiger partial charge in [0, 0.05) is 35.6 Å². The first-order valence-corrected chi connectivity index (χ1v) is 14.2. The third kappa shape index (κ3) is 8.18. The fourth-order valence-electron chi connectivity index (χ4n) is 4.28. The summed E-state index contributed by atoms with van der Waals surface area (Å²) in [6, 6.07) is 15.5. The van der Waals surface area contributed by atoms with Crippen LogP contribution in [0, 0.1) is 0 Å². The molecule has 9 heteroatoms. The van der Waals surface area contributed by atoms with Gasteiger partial charge in [0.2, 0.25) is 0 Å². The number of benzene rings is 2. The third-order valence-electron chi connectivity index (χ3n) is 6.51. The Balaban J connectivity index is 1.17. The van der Waals surface area contributed by atoms with E-state index in [4.69, 9.17) is 30.1 Å². The van der Waals surface area contributed by atoms with Crippen LogP contribution < -0.4 is 15.2 Å². The summed E-state index contributed by atoms with van der Waals surface area (Å²) in [5, 5.41) is 12.9. The maximum absolute atomic E-state index is 8.72. The minimum atomic E-state index is 0.0872. The molecule has 0 saturated carbocycles.